The Kier molecular flexibility index (Phi) is 8.65. The molecule has 0 spiro atoms. The predicted octanol–water partition coefficient (Wildman–Crippen LogP) is 3.73. The Hall–Kier alpha value is -1.72. The molecule has 1 aromatic rings. The minimum absolute atomic E-state index is 0.113. The van der Waals surface area contributed by atoms with Crippen LogP contribution in [0.4, 0.5) is 0 Å². The maximum Gasteiger partial charge on any atom is 0.307 e. The molecule has 1 atom stereocenters. The highest BCUT2D eigenvalue weighted by atomic mass is 35.5. The van der Waals surface area contributed by atoms with Gasteiger partial charge >= 0.3 is 5.97 Å². The summed E-state index contributed by atoms with van der Waals surface area (Å²) in [5, 5.41) is 0.804. The van der Waals surface area contributed by atoms with Crippen LogP contribution in [0.2, 0.25) is 10.0 Å². The van der Waals surface area contributed by atoms with Crippen LogP contribution in [0, 0.1) is 0 Å². The molecule has 0 bridgehead atoms. The summed E-state index contributed by atoms with van der Waals surface area (Å²) in [4.78, 5) is 25.5. The van der Waals surface area contributed by atoms with E-state index in [9.17, 15) is 9.59 Å². The summed E-state index contributed by atoms with van der Waals surface area (Å²) < 4.78 is 10.5. The number of rotatable bonds is 9. The van der Waals surface area contributed by atoms with Gasteiger partial charge in [-0.05, 0) is 32.0 Å². The zero-order chi connectivity index (χ0) is 18.1. The largest absolute Gasteiger partial charge is 0.479 e. The molecule has 0 radical (unpaired) electrons. The SMILES string of the molecule is C=CCN(CCC(=O)OCC)C(=O)C(C)Oc1ccc(Cl)cc1Cl. The average molecular weight is 374 g/mol. The number of amides is 1. The van der Waals surface area contributed by atoms with E-state index in [2.05, 4.69) is 6.58 Å². The Morgan fingerprint density at radius 2 is 2.08 bits per heavy atom. The van der Waals surface area contributed by atoms with Crippen LogP contribution in [0.3, 0.4) is 0 Å². The van der Waals surface area contributed by atoms with Gasteiger partial charge in [-0.1, -0.05) is 29.3 Å². The second-order valence-electron chi connectivity index (χ2n) is 4.96. The molecule has 0 heterocycles. The van der Waals surface area contributed by atoms with Crippen molar-refractivity contribution < 1.29 is 19.1 Å². The lowest BCUT2D eigenvalue weighted by molar-refractivity contribution is -0.144. The van der Waals surface area contributed by atoms with E-state index in [1.807, 2.05) is 0 Å². The summed E-state index contributed by atoms with van der Waals surface area (Å²) in [7, 11) is 0. The van der Waals surface area contributed by atoms with Crippen molar-refractivity contribution >= 4 is 35.1 Å². The number of nitrogens with zero attached hydrogens (tertiary/aromatic N) is 1. The second kappa shape index (κ2) is 10.2. The molecule has 24 heavy (non-hydrogen) atoms. The molecular weight excluding hydrogens is 353 g/mol. The first-order valence-electron chi connectivity index (χ1n) is 7.56. The van der Waals surface area contributed by atoms with Gasteiger partial charge in [0.05, 0.1) is 18.1 Å². The Labute approximate surface area is 152 Å². The molecular formula is C17H21Cl2NO4. The van der Waals surface area contributed by atoms with Crippen LogP contribution < -0.4 is 4.74 Å². The lowest BCUT2D eigenvalue weighted by atomic mass is 10.2. The smallest absolute Gasteiger partial charge is 0.307 e. The number of ether oxygens (including phenoxy) is 2. The molecule has 1 unspecified atom stereocenters. The summed E-state index contributed by atoms with van der Waals surface area (Å²) in [6, 6.07) is 4.77. The van der Waals surface area contributed by atoms with Crippen molar-refractivity contribution in [2.24, 2.45) is 0 Å². The molecule has 0 saturated heterocycles. The Balaban J connectivity index is 2.70. The van der Waals surface area contributed by atoms with Gasteiger partial charge in [0.2, 0.25) is 0 Å². The lowest BCUT2D eigenvalue weighted by Gasteiger charge is -2.25. The molecule has 7 heteroatoms. The number of esters is 1. The standard InChI is InChI=1S/C17H21Cl2NO4/c1-4-9-20(10-8-16(21)23-5-2)17(22)12(3)24-15-7-6-13(18)11-14(15)19/h4,6-7,11-12H,1,5,8-10H2,2-3H3. The summed E-state index contributed by atoms with van der Waals surface area (Å²) in [6.45, 7) is 7.82. The van der Waals surface area contributed by atoms with Gasteiger partial charge in [0, 0.05) is 18.1 Å². The number of benzene rings is 1. The van der Waals surface area contributed by atoms with Crippen molar-refractivity contribution in [1.29, 1.82) is 0 Å². The van der Waals surface area contributed by atoms with Gasteiger partial charge < -0.3 is 14.4 Å². The first-order valence-corrected chi connectivity index (χ1v) is 8.31. The van der Waals surface area contributed by atoms with Crippen molar-refractivity contribution in [3.63, 3.8) is 0 Å². The van der Waals surface area contributed by atoms with Crippen LogP contribution in [0.25, 0.3) is 0 Å². The van der Waals surface area contributed by atoms with Gasteiger partial charge in [-0.25, -0.2) is 0 Å². The number of hydrogen-bond donors (Lipinski definition) is 0. The third kappa shape index (κ3) is 6.42. The van der Waals surface area contributed by atoms with Gasteiger partial charge in [0.15, 0.2) is 6.10 Å². The van der Waals surface area contributed by atoms with E-state index in [1.165, 1.54) is 11.0 Å². The monoisotopic (exact) mass is 373 g/mol. The fraction of sp³-hybridized carbons (Fsp3) is 0.412. The molecule has 0 saturated carbocycles. The van der Waals surface area contributed by atoms with Gasteiger partial charge in [-0.3, -0.25) is 9.59 Å². The Bertz CT molecular complexity index is 592. The first kappa shape index (κ1) is 20.3. The number of carbonyl (C=O) groups is 2. The zero-order valence-corrected chi connectivity index (χ0v) is 15.3. The summed E-state index contributed by atoms with van der Waals surface area (Å²) in [5.74, 6) is -0.259. The van der Waals surface area contributed by atoms with Crippen molar-refractivity contribution in [3.05, 3.63) is 40.9 Å². The van der Waals surface area contributed by atoms with Crippen LogP contribution in [-0.4, -0.2) is 42.6 Å². The van der Waals surface area contributed by atoms with Gasteiger partial charge in [0.1, 0.15) is 5.75 Å². The molecule has 0 aliphatic rings. The van der Waals surface area contributed by atoms with Crippen LogP contribution in [-0.2, 0) is 14.3 Å². The van der Waals surface area contributed by atoms with Crippen molar-refractivity contribution in [2.45, 2.75) is 26.4 Å². The quantitative estimate of drug-likeness (QED) is 0.488. The first-order chi connectivity index (χ1) is 11.4. The summed E-state index contributed by atoms with van der Waals surface area (Å²) in [5.41, 5.74) is 0. The minimum Gasteiger partial charge on any atom is -0.479 e. The van der Waals surface area contributed by atoms with E-state index in [0.717, 1.165) is 0 Å². The molecule has 0 aliphatic heterocycles. The van der Waals surface area contributed by atoms with E-state index in [0.29, 0.717) is 28.9 Å². The van der Waals surface area contributed by atoms with Crippen LogP contribution in [0.1, 0.15) is 20.3 Å². The molecule has 1 amide bonds. The van der Waals surface area contributed by atoms with E-state index < -0.39 is 6.10 Å². The number of carbonyl (C=O) groups excluding carboxylic acids is 2. The lowest BCUT2D eigenvalue weighted by Crippen LogP contribution is -2.41. The summed E-state index contributed by atoms with van der Waals surface area (Å²) in [6.07, 6.45) is 0.929. The van der Waals surface area contributed by atoms with Crippen LogP contribution in [0.15, 0.2) is 30.9 Å². The van der Waals surface area contributed by atoms with Crippen LogP contribution in [0.5, 0.6) is 5.75 Å². The average Bonchev–Trinajstić information content (AvgIpc) is 2.53. The molecule has 5 nitrogen and oxygen atoms in total. The number of halogens is 2. The normalized spacial score (nSPS) is 11.5. The molecule has 1 rings (SSSR count). The maximum atomic E-state index is 12.5. The zero-order valence-electron chi connectivity index (χ0n) is 13.8. The van der Waals surface area contributed by atoms with Crippen molar-refractivity contribution in [3.8, 4) is 5.75 Å². The van der Waals surface area contributed by atoms with Gasteiger partial charge in [0.25, 0.3) is 5.91 Å². The second-order valence-corrected chi connectivity index (χ2v) is 5.81. The molecule has 0 aromatic heterocycles. The van der Waals surface area contributed by atoms with Crippen molar-refractivity contribution in [1.82, 2.24) is 4.90 Å². The highest BCUT2D eigenvalue weighted by Gasteiger charge is 2.23. The predicted molar refractivity (Wildman–Crippen MR) is 94.6 cm³/mol. The van der Waals surface area contributed by atoms with Crippen LogP contribution >= 0.6 is 23.2 Å². The van der Waals surface area contributed by atoms with E-state index in [1.54, 1.807) is 32.1 Å². The molecule has 1 aromatic carbocycles. The molecule has 0 aliphatic carbocycles. The van der Waals surface area contributed by atoms with E-state index >= 15 is 0 Å². The van der Waals surface area contributed by atoms with Gasteiger partial charge in [-0.2, -0.15) is 0 Å². The van der Waals surface area contributed by atoms with Crippen molar-refractivity contribution in [2.75, 3.05) is 19.7 Å². The molecule has 132 valence electrons. The molecule has 0 N–H and O–H groups in total. The molecule has 0 fully saturated rings. The third-order valence-corrected chi connectivity index (χ3v) is 3.63. The Morgan fingerprint density at radius 1 is 1.38 bits per heavy atom. The maximum absolute atomic E-state index is 12.5. The fourth-order valence-corrected chi connectivity index (χ4v) is 2.43. The minimum atomic E-state index is -0.772. The fourth-order valence-electron chi connectivity index (χ4n) is 1.98. The van der Waals surface area contributed by atoms with E-state index in [-0.39, 0.29) is 24.8 Å². The third-order valence-electron chi connectivity index (χ3n) is 3.10. The van der Waals surface area contributed by atoms with Gasteiger partial charge in [-0.15, -0.1) is 6.58 Å². The number of hydrogen-bond acceptors (Lipinski definition) is 4. The highest BCUT2D eigenvalue weighted by Crippen LogP contribution is 2.28. The summed E-state index contributed by atoms with van der Waals surface area (Å²) >= 11 is 11.9. The highest BCUT2D eigenvalue weighted by molar-refractivity contribution is 6.35. The Morgan fingerprint density at radius 3 is 2.67 bits per heavy atom. The topological polar surface area (TPSA) is 55.8 Å². The van der Waals surface area contributed by atoms with E-state index in [4.69, 9.17) is 32.7 Å².